The number of nitrogens with zero attached hydrogens (tertiary/aromatic N) is 4. The first kappa shape index (κ1) is 16.7. The third-order valence-corrected chi connectivity index (χ3v) is 5.39. The van der Waals surface area contributed by atoms with Crippen molar-refractivity contribution in [2.45, 2.75) is 19.0 Å². The topological polar surface area (TPSA) is 74.6 Å². The van der Waals surface area contributed by atoms with Crippen LogP contribution in [-0.4, -0.2) is 31.0 Å². The summed E-state index contributed by atoms with van der Waals surface area (Å²) in [5, 5.41) is 9.65. The van der Waals surface area contributed by atoms with Gasteiger partial charge in [-0.1, -0.05) is 27.2 Å². The van der Waals surface area contributed by atoms with Gasteiger partial charge in [0, 0.05) is 10.5 Å². The first-order valence-corrected chi connectivity index (χ1v) is 8.78. The van der Waals surface area contributed by atoms with E-state index in [0.717, 1.165) is 20.6 Å². The molecule has 2 atom stereocenters. The van der Waals surface area contributed by atoms with Gasteiger partial charge < -0.3 is 4.74 Å². The Balaban J connectivity index is 1.70. The highest BCUT2D eigenvalue weighted by atomic mass is 79.9. The number of fused-ring (bicyclic) bond motifs is 1. The van der Waals surface area contributed by atoms with Gasteiger partial charge in [-0.2, -0.15) is 5.11 Å². The monoisotopic (exact) mass is 414 g/mol. The molecule has 4 rings (SSSR count). The Morgan fingerprint density at radius 2 is 1.88 bits per heavy atom. The molecule has 0 N–H and O–H groups in total. The van der Waals surface area contributed by atoms with E-state index in [4.69, 9.17) is 4.74 Å². The minimum Gasteiger partial charge on any atom is -0.497 e. The van der Waals surface area contributed by atoms with Gasteiger partial charge in [-0.05, 0) is 42.8 Å². The van der Waals surface area contributed by atoms with Crippen LogP contribution in [0, 0.1) is 6.92 Å². The number of aryl methyl sites for hydroxylation is 1. The van der Waals surface area contributed by atoms with Crippen LogP contribution in [-0.2, 0) is 9.59 Å². The van der Waals surface area contributed by atoms with Gasteiger partial charge in [0.05, 0.1) is 18.5 Å². The number of rotatable bonds is 3. The fourth-order valence-electron chi connectivity index (χ4n) is 3.15. The second kappa shape index (κ2) is 6.21. The van der Waals surface area contributed by atoms with Gasteiger partial charge in [0.15, 0.2) is 12.1 Å². The van der Waals surface area contributed by atoms with E-state index < -0.39 is 12.1 Å². The maximum Gasteiger partial charge on any atom is 0.263 e. The molecule has 0 radical (unpaired) electrons. The molecule has 0 aliphatic carbocycles. The summed E-state index contributed by atoms with van der Waals surface area (Å²) in [5.41, 5.74) is 2.19. The third-order valence-electron chi connectivity index (χ3n) is 4.50. The third kappa shape index (κ3) is 2.48. The molecule has 0 saturated carbocycles. The van der Waals surface area contributed by atoms with E-state index in [-0.39, 0.29) is 11.8 Å². The van der Waals surface area contributed by atoms with Gasteiger partial charge in [-0.25, -0.2) is 9.91 Å². The van der Waals surface area contributed by atoms with Crippen molar-refractivity contribution in [1.82, 2.24) is 0 Å². The van der Waals surface area contributed by atoms with Gasteiger partial charge >= 0.3 is 0 Å². The van der Waals surface area contributed by atoms with E-state index >= 15 is 0 Å². The molecule has 2 aliphatic heterocycles. The molecule has 1 saturated heterocycles. The van der Waals surface area contributed by atoms with Crippen molar-refractivity contribution in [3.05, 3.63) is 52.5 Å². The molecule has 0 aromatic heterocycles. The molecule has 0 spiro atoms. The highest BCUT2D eigenvalue weighted by Gasteiger charge is 2.55. The van der Waals surface area contributed by atoms with Crippen molar-refractivity contribution in [2.75, 3.05) is 17.0 Å². The average molecular weight is 415 g/mol. The van der Waals surface area contributed by atoms with Crippen molar-refractivity contribution in [3.8, 4) is 5.75 Å². The van der Waals surface area contributed by atoms with E-state index in [9.17, 15) is 9.59 Å². The van der Waals surface area contributed by atoms with Crippen LogP contribution < -0.4 is 14.6 Å². The molecular weight excluding hydrogens is 400 g/mol. The number of ether oxygens (including phenoxy) is 1. The Labute approximate surface area is 158 Å². The summed E-state index contributed by atoms with van der Waals surface area (Å²) in [7, 11) is 1.54. The van der Waals surface area contributed by atoms with Gasteiger partial charge in [0.25, 0.3) is 11.8 Å². The molecule has 0 bridgehead atoms. The number of anilines is 2. The standard InChI is InChI=1S/C18H15BrN4O3/c1-10-8-12(6-7-14(10)19)23-16-15(20-21-23)17(24)22(18(16)25)11-4-3-5-13(9-11)26-2/h3-9,15-16H,1-2H3/t15-,16-/m0/s1. The van der Waals surface area contributed by atoms with Crippen molar-refractivity contribution in [3.63, 3.8) is 0 Å². The van der Waals surface area contributed by atoms with Gasteiger partial charge in [-0.15, -0.1) is 0 Å². The van der Waals surface area contributed by atoms with E-state index in [1.807, 2.05) is 25.1 Å². The molecule has 1 fully saturated rings. The Bertz CT molecular complexity index is 946. The number of carbonyl (C=O) groups excluding carboxylic acids is 2. The van der Waals surface area contributed by atoms with Crippen LogP contribution in [0.5, 0.6) is 5.75 Å². The second-order valence-corrected chi connectivity index (χ2v) is 6.94. The zero-order valence-corrected chi connectivity index (χ0v) is 15.7. The van der Waals surface area contributed by atoms with Crippen molar-refractivity contribution in [1.29, 1.82) is 0 Å². The Morgan fingerprint density at radius 1 is 1.08 bits per heavy atom. The number of halogens is 1. The average Bonchev–Trinajstić information content (AvgIpc) is 3.18. The highest BCUT2D eigenvalue weighted by Crippen LogP contribution is 2.36. The first-order chi connectivity index (χ1) is 12.5. The molecule has 7 nitrogen and oxygen atoms in total. The maximum atomic E-state index is 13.0. The predicted molar refractivity (Wildman–Crippen MR) is 99.3 cm³/mol. The lowest BCUT2D eigenvalue weighted by molar-refractivity contribution is -0.121. The summed E-state index contributed by atoms with van der Waals surface area (Å²) in [6.07, 6.45) is 0. The van der Waals surface area contributed by atoms with Crippen LogP contribution in [0.4, 0.5) is 11.4 Å². The molecule has 0 unspecified atom stereocenters. The fourth-order valence-corrected chi connectivity index (χ4v) is 3.40. The number of methoxy groups -OCH3 is 1. The normalized spacial score (nSPS) is 21.5. The summed E-state index contributed by atoms with van der Waals surface area (Å²) in [6.45, 7) is 1.95. The molecule has 2 aromatic carbocycles. The van der Waals surface area contributed by atoms with Crippen LogP contribution in [0.1, 0.15) is 5.56 Å². The number of hydrogen-bond donors (Lipinski definition) is 0. The first-order valence-electron chi connectivity index (χ1n) is 7.99. The molecule has 8 heteroatoms. The smallest absolute Gasteiger partial charge is 0.263 e. The summed E-state index contributed by atoms with van der Waals surface area (Å²) >= 11 is 3.46. The Morgan fingerprint density at radius 3 is 2.62 bits per heavy atom. The number of benzene rings is 2. The molecular formula is C18H15BrN4O3. The SMILES string of the molecule is COc1cccc(N2C(=O)[C@H]3N=NN(c4ccc(Br)c(C)c4)[C@@H]3C2=O)c1. The fraction of sp³-hybridized carbons (Fsp3) is 0.222. The summed E-state index contributed by atoms with van der Waals surface area (Å²) in [6, 6.07) is 10.9. The highest BCUT2D eigenvalue weighted by molar-refractivity contribution is 9.10. The number of imide groups is 1. The summed E-state index contributed by atoms with van der Waals surface area (Å²) in [4.78, 5) is 27.0. The molecule has 2 aromatic rings. The minimum absolute atomic E-state index is 0.348. The Hall–Kier alpha value is -2.74. The van der Waals surface area contributed by atoms with Gasteiger partial charge in [0.2, 0.25) is 0 Å². The molecule has 132 valence electrons. The lowest BCUT2D eigenvalue weighted by Crippen LogP contribution is -2.39. The van der Waals surface area contributed by atoms with Crippen LogP contribution in [0.25, 0.3) is 0 Å². The molecule has 2 heterocycles. The molecule has 26 heavy (non-hydrogen) atoms. The molecule has 2 aliphatic rings. The lowest BCUT2D eigenvalue weighted by atomic mass is 10.1. The van der Waals surface area contributed by atoms with E-state index in [2.05, 4.69) is 26.3 Å². The largest absolute Gasteiger partial charge is 0.497 e. The van der Waals surface area contributed by atoms with E-state index in [0.29, 0.717) is 11.4 Å². The van der Waals surface area contributed by atoms with Crippen LogP contribution in [0.2, 0.25) is 0 Å². The number of carbonyl (C=O) groups is 2. The number of hydrogen-bond acceptors (Lipinski definition) is 6. The van der Waals surface area contributed by atoms with Crippen LogP contribution in [0.15, 0.2) is 57.3 Å². The van der Waals surface area contributed by atoms with Crippen molar-refractivity contribution in [2.24, 2.45) is 10.3 Å². The van der Waals surface area contributed by atoms with Crippen LogP contribution in [0.3, 0.4) is 0 Å². The molecule has 2 amide bonds. The van der Waals surface area contributed by atoms with Gasteiger partial charge in [-0.3, -0.25) is 9.59 Å². The number of amides is 2. The van der Waals surface area contributed by atoms with Gasteiger partial charge in [0.1, 0.15) is 5.75 Å². The second-order valence-electron chi connectivity index (χ2n) is 6.09. The predicted octanol–water partition coefficient (Wildman–Crippen LogP) is 3.26. The van der Waals surface area contributed by atoms with Crippen molar-refractivity contribution < 1.29 is 14.3 Å². The lowest BCUT2D eigenvalue weighted by Gasteiger charge is -2.21. The Kier molecular flexibility index (Phi) is 3.99. The zero-order valence-electron chi connectivity index (χ0n) is 14.1. The van der Waals surface area contributed by atoms with E-state index in [1.165, 1.54) is 12.1 Å². The van der Waals surface area contributed by atoms with Crippen molar-refractivity contribution >= 4 is 39.1 Å². The van der Waals surface area contributed by atoms with Crippen LogP contribution >= 0.6 is 15.9 Å². The summed E-state index contributed by atoms with van der Waals surface area (Å²) < 4.78 is 6.15. The van der Waals surface area contributed by atoms with E-state index in [1.54, 1.807) is 24.3 Å². The minimum atomic E-state index is -0.836. The summed E-state index contributed by atoms with van der Waals surface area (Å²) in [5.74, 6) is -0.158. The quantitative estimate of drug-likeness (QED) is 0.722. The zero-order chi connectivity index (χ0) is 18.4. The maximum absolute atomic E-state index is 13.0.